The first-order chi connectivity index (χ1) is 13.3. The van der Waals surface area contributed by atoms with Crippen molar-refractivity contribution in [3.8, 4) is 5.75 Å². The molecule has 4 rings (SSSR count). The highest BCUT2D eigenvalue weighted by atomic mass is 16.5. The molecular weight excluding hydrogens is 340 g/mol. The summed E-state index contributed by atoms with van der Waals surface area (Å²) in [5.74, 6) is 1.12. The number of morpholine rings is 1. The summed E-state index contributed by atoms with van der Waals surface area (Å²) in [5.41, 5.74) is 1.27. The van der Waals surface area contributed by atoms with Crippen molar-refractivity contribution in [2.75, 3.05) is 39.5 Å². The van der Waals surface area contributed by atoms with Crippen molar-refractivity contribution in [2.24, 2.45) is 5.92 Å². The number of nitrogens with one attached hydrogen (secondary N) is 1. The molecule has 2 aliphatic heterocycles. The molecule has 0 unspecified atom stereocenters. The van der Waals surface area contributed by atoms with Gasteiger partial charge in [0.1, 0.15) is 5.75 Å². The molecule has 1 amide bonds. The predicted molar refractivity (Wildman–Crippen MR) is 105 cm³/mol. The van der Waals surface area contributed by atoms with Crippen molar-refractivity contribution in [1.29, 1.82) is 0 Å². The Hall–Kier alpha value is -1.59. The number of amides is 1. The minimum absolute atomic E-state index is 0.000945. The molecule has 2 heterocycles. The summed E-state index contributed by atoms with van der Waals surface area (Å²) in [5, 5.41) is 3.34. The molecule has 1 saturated carbocycles. The highest BCUT2D eigenvalue weighted by Gasteiger charge is 2.39. The van der Waals surface area contributed by atoms with E-state index < -0.39 is 0 Å². The second-order valence-corrected chi connectivity index (χ2v) is 8.25. The van der Waals surface area contributed by atoms with Crippen molar-refractivity contribution in [3.63, 3.8) is 0 Å². The van der Waals surface area contributed by atoms with Crippen LogP contribution in [0, 0.1) is 5.92 Å². The van der Waals surface area contributed by atoms with Crippen LogP contribution in [-0.2, 0) is 16.0 Å². The van der Waals surface area contributed by atoms with Gasteiger partial charge in [0.05, 0.1) is 19.8 Å². The summed E-state index contributed by atoms with van der Waals surface area (Å²) >= 11 is 0. The number of carbonyl (C=O) groups excluding carboxylic acids is 1. The molecule has 0 radical (unpaired) electrons. The number of nitrogens with zero attached hydrogens (tertiary/aromatic N) is 1. The summed E-state index contributed by atoms with van der Waals surface area (Å²) in [6.45, 7) is 4.98. The van der Waals surface area contributed by atoms with Gasteiger partial charge < -0.3 is 14.8 Å². The van der Waals surface area contributed by atoms with Crippen LogP contribution in [0.3, 0.4) is 0 Å². The second-order valence-electron chi connectivity index (χ2n) is 8.25. The molecule has 1 saturated heterocycles. The van der Waals surface area contributed by atoms with Gasteiger partial charge in [-0.05, 0) is 37.3 Å². The first-order valence-electron chi connectivity index (χ1n) is 10.6. The molecule has 0 spiro atoms. The molecule has 0 aromatic heterocycles. The lowest BCUT2D eigenvalue weighted by molar-refractivity contribution is -0.126. The Morgan fingerprint density at radius 1 is 1.11 bits per heavy atom. The molecule has 5 nitrogen and oxygen atoms in total. The fourth-order valence-electron chi connectivity index (χ4n) is 4.96. The van der Waals surface area contributed by atoms with Gasteiger partial charge in [0.25, 0.3) is 0 Å². The summed E-state index contributed by atoms with van der Waals surface area (Å²) in [6.07, 6.45) is 7.76. The van der Waals surface area contributed by atoms with Gasteiger partial charge in [0.2, 0.25) is 5.91 Å². The topological polar surface area (TPSA) is 50.8 Å². The Morgan fingerprint density at radius 2 is 1.89 bits per heavy atom. The molecule has 1 aliphatic carbocycles. The van der Waals surface area contributed by atoms with Crippen LogP contribution < -0.4 is 10.1 Å². The molecule has 1 atom stereocenters. The third kappa shape index (κ3) is 4.30. The largest absolute Gasteiger partial charge is 0.493 e. The summed E-state index contributed by atoms with van der Waals surface area (Å²) < 4.78 is 11.4. The summed E-state index contributed by atoms with van der Waals surface area (Å²) in [4.78, 5) is 15.6. The standard InChI is InChI=1S/C22H32N2O3/c25-21(19-8-13-27-20-7-3-2-6-18(20)16-19)23-17-22(9-4-1-5-10-22)24-11-14-26-15-12-24/h2-3,6-7,19H,1,4-5,8-17H2,(H,23,25)/t19-/m1/s1. The monoisotopic (exact) mass is 372 g/mol. The highest BCUT2D eigenvalue weighted by molar-refractivity contribution is 5.79. The first kappa shape index (κ1) is 18.8. The van der Waals surface area contributed by atoms with E-state index in [0.717, 1.165) is 57.0 Å². The summed E-state index contributed by atoms with van der Waals surface area (Å²) in [6, 6.07) is 8.11. The number of fused-ring (bicyclic) bond motifs is 1. The van der Waals surface area contributed by atoms with E-state index in [1.807, 2.05) is 18.2 Å². The average molecular weight is 373 g/mol. The Bertz CT molecular complexity index is 636. The highest BCUT2D eigenvalue weighted by Crippen LogP contribution is 2.34. The van der Waals surface area contributed by atoms with E-state index in [0.29, 0.717) is 6.61 Å². The van der Waals surface area contributed by atoms with Crippen LogP contribution in [-0.4, -0.2) is 55.8 Å². The van der Waals surface area contributed by atoms with Crippen molar-refractivity contribution in [1.82, 2.24) is 10.2 Å². The molecule has 1 aromatic carbocycles. The zero-order chi connectivity index (χ0) is 18.5. The van der Waals surface area contributed by atoms with Gasteiger partial charge in [0.15, 0.2) is 0 Å². The number of hydrogen-bond donors (Lipinski definition) is 1. The lowest BCUT2D eigenvalue weighted by Crippen LogP contribution is -2.60. The SMILES string of the molecule is O=C(NCC1(N2CCOCC2)CCCCC1)[C@@H]1CCOc2ccccc2C1. The van der Waals surface area contributed by atoms with Crippen LogP contribution in [0.15, 0.2) is 24.3 Å². The van der Waals surface area contributed by atoms with Crippen LogP contribution in [0.1, 0.15) is 44.1 Å². The van der Waals surface area contributed by atoms with E-state index in [1.165, 1.54) is 32.1 Å². The fourth-order valence-corrected chi connectivity index (χ4v) is 4.96. The number of rotatable bonds is 4. The lowest BCUT2D eigenvalue weighted by Gasteiger charge is -2.48. The smallest absolute Gasteiger partial charge is 0.223 e. The van der Waals surface area contributed by atoms with Crippen molar-refractivity contribution >= 4 is 5.91 Å². The fraction of sp³-hybridized carbons (Fsp3) is 0.682. The van der Waals surface area contributed by atoms with Crippen LogP contribution in [0.25, 0.3) is 0 Å². The van der Waals surface area contributed by atoms with Gasteiger partial charge in [-0.25, -0.2) is 0 Å². The van der Waals surface area contributed by atoms with E-state index in [2.05, 4.69) is 16.3 Å². The number of benzene rings is 1. The van der Waals surface area contributed by atoms with Gasteiger partial charge >= 0.3 is 0 Å². The number of carbonyl (C=O) groups is 1. The molecule has 1 N–H and O–H groups in total. The third-order valence-electron chi connectivity index (χ3n) is 6.59. The van der Waals surface area contributed by atoms with E-state index in [-0.39, 0.29) is 17.4 Å². The van der Waals surface area contributed by atoms with Gasteiger partial charge in [-0.3, -0.25) is 9.69 Å². The average Bonchev–Trinajstić information content (AvgIpc) is 2.96. The minimum atomic E-state index is -0.000945. The van der Waals surface area contributed by atoms with Gasteiger partial charge in [-0.2, -0.15) is 0 Å². The van der Waals surface area contributed by atoms with E-state index in [4.69, 9.17) is 9.47 Å². The van der Waals surface area contributed by atoms with Crippen LogP contribution >= 0.6 is 0 Å². The quantitative estimate of drug-likeness (QED) is 0.883. The molecular formula is C22H32N2O3. The van der Waals surface area contributed by atoms with Gasteiger partial charge in [-0.15, -0.1) is 0 Å². The van der Waals surface area contributed by atoms with E-state index >= 15 is 0 Å². The molecule has 2 fully saturated rings. The van der Waals surface area contributed by atoms with E-state index in [1.54, 1.807) is 0 Å². The van der Waals surface area contributed by atoms with Crippen molar-refractivity contribution in [3.05, 3.63) is 29.8 Å². The first-order valence-corrected chi connectivity index (χ1v) is 10.6. The van der Waals surface area contributed by atoms with Crippen LogP contribution in [0.4, 0.5) is 0 Å². The Labute approximate surface area is 162 Å². The number of hydrogen-bond acceptors (Lipinski definition) is 4. The maximum Gasteiger partial charge on any atom is 0.223 e. The normalized spacial score (nSPS) is 25.7. The molecule has 0 bridgehead atoms. The van der Waals surface area contributed by atoms with Gasteiger partial charge in [0, 0.05) is 31.1 Å². The number of ether oxygens (including phenoxy) is 2. The van der Waals surface area contributed by atoms with Gasteiger partial charge in [-0.1, -0.05) is 37.5 Å². The van der Waals surface area contributed by atoms with Crippen molar-refractivity contribution < 1.29 is 14.3 Å². The Morgan fingerprint density at radius 3 is 2.70 bits per heavy atom. The molecule has 3 aliphatic rings. The second kappa shape index (κ2) is 8.61. The number of para-hydroxylation sites is 1. The maximum atomic E-state index is 13.0. The van der Waals surface area contributed by atoms with Crippen LogP contribution in [0.5, 0.6) is 5.75 Å². The zero-order valence-electron chi connectivity index (χ0n) is 16.3. The lowest BCUT2D eigenvalue weighted by atomic mass is 9.79. The zero-order valence-corrected chi connectivity index (χ0v) is 16.3. The molecule has 148 valence electrons. The van der Waals surface area contributed by atoms with Crippen LogP contribution in [0.2, 0.25) is 0 Å². The predicted octanol–water partition coefficient (Wildman–Crippen LogP) is 2.78. The molecule has 27 heavy (non-hydrogen) atoms. The Balaban J connectivity index is 1.40. The maximum absolute atomic E-state index is 13.0. The van der Waals surface area contributed by atoms with Crippen molar-refractivity contribution in [2.45, 2.75) is 50.5 Å². The third-order valence-corrected chi connectivity index (χ3v) is 6.59. The molecule has 1 aromatic rings. The Kier molecular flexibility index (Phi) is 5.98. The summed E-state index contributed by atoms with van der Waals surface area (Å²) in [7, 11) is 0. The van der Waals surface area contributed by atoms with E-state index in [9.17, 15) is 4.79 Å². The molecule has 5 heteroatoms. The minimum Gasteiger partial charge on any atom is -0.493 e.